The van der Waals surface area contributed by atoms with Crippen LogP contribution in [-0.4, -0.2) is 18.7 Å². The molecule has 0 saturated heterocycles. The van der Waals surface area contributed by atoms with Crippen LogP contribution in [0.15, 0.2) is 42.5 Å². The number of esters is 1. The molecule has 1 unspecified atom stereocenters. The summed E-state index contributed by atoms with van der Waals surface area (Å²) in [6.07, 6.45) is -1.15. The Morgan fingerprint density at radius 1 is 1.16 bits per heavy atom. The van der Waals surface area contributed by atoms with Crippen LogP contribution in [0.2, 0.25) is 0 Å². The van der Waals surface area contributed by atoms with Crippen molar-refractivity contribution in [3.63, 3.8) is 0 Å². The number of nitrogens with one attached hydrogen (secondary N) is 1. The van der Waals surface area contributed by atoms with Gasteiger partial charge in [-0.25, -0.2) is 4.39 Å². The maximum Gasteiger partial charge on any atom is 0.303 e. The van der Waals surface area contributed by atoms with Gasteiger partial charge < -0.3 is 19.5 Å². The highest BCUT2D eigenvalue weighted by Gasteiger charge is 2.24. The van der Waals surface area contributed by atoms with Gasteiger partial charge >= 0.3 is 5.97 Å². The monoisotopic (exact) mass is 345 g/mol. The largest absolute Gasteiger partial charge is 0.454 e. The molecule has 0 fully saturated rings. The van der Waals surface area contributed by atoms with E-state index in [1.165, 1.54) is 31.2 Å². The molecule has 2 aromatic rings. The molecule has 7 heteroatoms. The van der Waals surface area contributed by atoms with Crippen molar-refractivity contribution in [2.24, 2.45) is 0 Å². The molecule has 1 aliphatic rings. The predicted octanol–water partition coefficient (Wildman–Crippen LogP) is 2.48. The fourth-order valence-corrected chi connectivity index (χ4v) is 2.41. The van der Waals surface area contributed by atoms with Crippen LogP contribution in [0.5, 0.6) is 11.5 Å². The van der Waals surface area contributed by atoms with Crippen molar-refractivity contribution in [1.29, 1.82) is 0 Å². The topological polar surface area (TPSA) is 73.9 Å². The van der Waals surface area contributed by atoms with Crippen LogP contribution in [0.4, 0.5) is 4.39 Å². The Bertz CT molecular complexity index is 791. The molecule has 130 valence electrons. The zero-order valence-electron chi connectivity index (χ0n) is 13.5. The zero-order chi connectivity index (χ0) is 17.8. The molecule has 25 heavy (non-hydrogen) atoms. The average molecular weight is 345 g/mol. The normalized spacial score (nSPS) is 13.2. The molecule has 2 aromatic carbocycles. The molecule has 0 radical (unpaired) electrons. The summed E-state index contributed by atoms with van der Waals surface area (Å²) in [5, 5.41) is 2.70. The predicted molar refractivity (Wildman–Crippen MR) is 85.3 cm³/mol. The third-order valence-corrected chi connectivity index (χ3v) is 3.60. The summed E-state index contributed by atoms with van der Waals surface area (Å²) >= 11 is 0. The number of carbonyl (C=O) groups is 2. The Morgan fingerprint density at radius 2 is 1.88 bits per heavy atom. The molecule has 3 rings (SSSR count). The lowest BCUT2D eigenvalue weighted by atomic mass is 10.1. The van der Waals surface area contributed by atoms with Gasteiger partial charge in [-0.2, -0.15) is 0 Å². The Labute approximate surface area is 143 Å². The van der Waals surface area contributed by atoms with E-state index in [2.05, 4.69) is 5.32 Å². The third-order valence-electron chi connectivity index (χ3n) is 3.60. The highest BCUT2D eigenvalue weighted by molar-refractivity contribution is 5.84. The van der Waals surface area contributed by atoms with Gasteiger partial charge in [0.25, 0.3) is 5.91 Å². The molecule has 0 bridgehead atoms. The van der Waals surface area contributed by atoms with Crippen LogP contribution >= 0.6 is 0 Å². The van der Waals surface area contributed by atoms with E-state index < -0.39 is 23.8 Å². The number of hydrogen-bond donors (Lipinski definition) is 1. The van der Waals surface area contributed by atoms with Gasteiger partial charge in [-0.3, -0.25) is 9.59 Å². The first kappa shape index (κ1) is 16.8. The van der Waals surface area contributed by atoms with Crippen LogP contribution in [0.1, 0.15) is 24.2 Å². The van der Waals surface area contributed by atoms with E-state index in [-0.39, 0.29) is 13.3 Å². The van der Waals surface area contributed by atoms with Crippen molar-refractivity contribution in [1.82, 2.24) is 5.32 Å². The molecule has 1 heterocycles. The molecular weight excluding hydrogens is 329 g/mol. The van der Waals surface area contributed by atoms with E-state index in [1.807, 2.05) is 0 Å². The first-order valence-electron chi connectivity index (χ1n) is 7.62. The maximum atomic E-state index is 13.1. The van der Waals surface area contributed by atoms with Gasteiger partial charge in [0, 0.05) is 19.0 Å². The van der Waals surface area contributed by atoms with E-state index >= 15 is 0 Å². The van der Waals surface area contributed by atoms with Gasteiger partial charge in [-0.15, -0.1) is 0 Å². The number of carbonyl (C=O) groups excluding carboxylic acids is 2. The summed E-state index contributed by atoms with van der Waals surface area (Å²) in [6.45, 7) is 1.60. The number of fused-ring (bicyclic) bond motifs is 1. The fraction of sp³-hybridized carbons (Fsp3) is 0.222. The third kappa shape index (κ3) is 4.06. The maximum absolute atomic E-state index is 13.1. The lowest BCUT2D eigenvalue weighted by Gasteiger charge is -2.17. The number of hydrogen-bond acceptors (Lipinski definition) is 5. The summed E-state index contributed by atoms with van der Waals surface area (Å²) in [7, 11) is 0. The summed E-state index contributed by atoms with van der Waals surface area (Å²) in [6, 6.07) is 10.5. The smallest absolute Gasteiger partial charge is 0.303 e. The lowest BCUT2D eigenvalue weighted by molar-refractivity contribution is -0.154. The zero-order valence-corrected chi connectivity index (χ0v) is 13.5. The van der Waals surface area contributed by atoms with Gasteiger partial charge in [0.05, 0.1) is 0 Å². The van der Waals surface area contributed by atoms with Gasteiger partial charge in [0.15, 0.2) is 11.5 Å². The summed E-state index contributed by atoms with van der Waals surface area (Å²) < 4.78 is 28.7. The quantitative estimate of drug-likeness (QED) is 0.843. The van der Waals surface area contributed by atoms with Crippen LogP contribution in [0, 0.1) is 5.82 Å². The van der Waals surface area contributed by atoms with Gasteiger partial charge in [-0.05, 0) is 29.8 Å². The molecule has 0 aromatic heterocycles. The number of benzene rings is 2. The molecule has 0 spiro atoms. The minimum absolute atomic E-state index is 0.171. The lowest BCUT2D eigenvalue weighted by Crippen LogP contribution is -2.31. The Hall–Kier alpha value is -3.09. The van der Waals surface area contributed by atoms with Crippen molar-refractivity contribution >= 4 is 11.9 Å². The minimum Gasteiger partial charge on any atom is -0.454 e. The minimum atomic E-state index is -1.15. The SMILES string of the molecule is CC(=O)OC(C(=O)NCc1ccc2c(c1)OCO2)c1ccc(F)cc1. The molecule has 0 saturated carbocycles. The number of ether oxygens (including phenoxy) is 3. The van der Waals surface area contributed by atoms with Crippen molar-refractivity contribution in [3.8, 4) is 11.5 Å². The first-order valence-corrected chi connectivity index (χ1v) is 7.62. The Morgan fingerprint density at radius 3 is 2.60 bits per heavy atom. The Balaban J connectivity index is 1.69. The van der Waals surface area contributed by atoms with E-state index in [1.54, 1.807) is 18.2 Å². The van der Waals surface area contributed by atoms with Crippen LogP contribution < -0.4 is 14.8 Å². The van der Waals surface area contributed by atoms with Crippen LogP contribution in [-0.2, 0) is 20.9 Å². The number of halogens is 1. The van der Waals surface area contributed by atoms with Gasteiger partial charge in [-0.1, -0.05) is 18.2 Å². The summed E-state index contributed by atoms with van der Waals surface area (Å²) in [5.74, 6) is -0.279. The molecule has 1 atom stereocenters. The van der Waals surface area contributed by atoms with Gasteiger partial charge in [0.2, 0.25) is 12.9 Å². The van der Waals surface area contributed by atoms with Crippen LogP contribution in [0.3, 0.4) is 0 Å². The molecular formula is C18H16FNO5. The second-order valence-electron chi connectivity index (χ2n) is 5.45. The van der Waals surface area contributed by atoms with E-state index in [0.29, 0.717) is 17.1 Å². The second-order valence-corrected chi connectivity index (χ2v) is 5.45. The first-order chi connectivity index (χ1) is 12.0. The van der Waals surface area contributed by atoms with Gasteiger partial charge in [0.1, 0.15) is 5.82 Å². The van der Waals surface area contributed by atoms with Crippen molar-refractivity contribution in [2.75, 3.05) is 6.79 Å². The van der Waals surface area contributed by atoms with Crippen LogP contribution in [0.25, 0.3) is 0 Å². The number of amides is 1. The van der Waals surface area contributed by atoms with E-state index in [9.17, 15) is 14.0 Å². The molecule has 6 nitrogen and oxygen atoms in total. The van der Waals surface area contributed by atoms with E-state index in [4.69, 9.17) is 14.2 Å². The van der Waals surface area contributed by atoms with Crippen molar-refractivity contribution in [3.05, 3.63) is 59.4 Å². The van der Waals surface area contributed by atoms with Crippen molar-refractivity contribution in [2.45, 2.75) is 19.6 Å². The van der Waals surface area contributed by atoms with E-state index in [0.717, 1.165) is 5.56 Å². The van der Waals surface area contributed by atoms with Crippen molar-refractivity contribution < 1.29 is 28.2 Å². The highest BCUT2D eigenvalue weighted by atomic mass is 19.1. The standard InChI is InChI=1S/C18H16FNO5/c1-11(21)25-17(13-3-5-14(19)6-4-13)18(22)20-9-12-2-7-15-16(8-12)24-10-23-15/h2-8,17H,9-10H2,1H3,(H,20,22). The average Bonchev–Trinajstić information content (AvgIpc) is 3.06. The number of rotatable bonds is 5. The highest BCUT2D eigenvalue weighted by Crippen LogP contribution is 2.32. The summed E-state index contributed by atoms with van der Waals surface area (Å²) in [4.78, 5) is 23.7. The molecule has 0 aliphatic carbocycles. The second kappa shape index (κ2) is 7.21. The Kier molecular flexibility index (Phi) is 4.83. The summed E-state index contributed by atoms with van der Waals surface area (Å²) in [5.41, 5.74) is 1.19. The molecule has 1 N–H and O–H groups in total. The molecule has 1 amide bonds. The molecule has 1 aliphatic heterocycles. The fourth-order valence-electron chi connectivity index (χ4n) is 2.41.